The topological polar surface area (TPSA) is 47.1 Å². The number of aromatic nitrogens is 2. The molecule has 0 unspecified atom stereocenters. The van der Waals surface area contributed by atoms with Gasteiger partial charge in [-0.2, -0.15) is 5.10 Å². The number of benzene rings is 1. The maximum Gasteiger partial charge on any atom is 0.121 e. The van der Waals surface area contributed by atoms with Crippen molar-refractivity contribution in [2.75, 3.05) is 12.8 Å². The van der Waals surface area contributed by atoms with E-state index in [0.717, 1.165) is 24.3 Å². The molecule has 0 saturated carbocycles. The molecule has 0 amide bonds. The molecular weight excluding hydrogens is 212 g/mol. The molecule has 2 aromatic rings. The number of nitrogen functional groups attached to an aromatic ring is 1. The van der Waals surface area contributed by atoms with Crippen molar-refractivity contribution in [2.45, 2.75) is 13.1 Å². The van der Waals surface area contributed by atoms with Gasteiger partial charge < -0.3 is 5.73 Å². The van der Waals surface area contributed by atoms with Crippen LogP contribution in [0, 0.1) is 0 Å². The van der Waals surface area contributed by atoms with Gasteiger partial charge in [0, 0.05) is 31.8 Å². The molecule has 4 nitrogen and oxygen atoms in total. The van der Waals surface area contributed by atoms with Gasteiger partial charge in [0.05, 0.1) is 5.69 Å². The van der Waals surface area contributed by atoms with Crippen molar-refractivity contribution in [3.8, 4) is 11.3 Å². The summed E-state index contributed by atoms with van der Waals surface area (Å²) in [7, 11) is 4.00. The molecule has 2 heterocycles. The summed E-state index contributed by atoms with van der Waals surface area (Å²) in [4.78, 5) is 2.31. The highest BCUT2D eigenvalue weighted by atomic mass is 15.3. The van der Waals surface area contributed by atoms with E-state index in [1.165, 1.54) is 11.1 Å². The molecular formula is C13H16N4. The van der Waals surface area contributed by atoms with Crippen LogP contribution in [0.5, 0.6) is 0 Å². The molecule has 88 valence electrons. The van der Waals surface area contributed by atoms with Crippen molar-refractivity contribution in [3.63, 3.8) is 0 Å². The number of aryl methyl sites for hydroxylation is 1. The predicted molar refractivity (Wildman–Crippen MR) is 68.2 cm³/mol. The molecule has 0 bridgehead atoms. The van der Waals surface area contributed by atoms with Gasteiger partial charge in [-0.05, 0) is 24.2 Å². The molecule has 0 radical (unpaired) electrons. The van der Waals surface area contributed by atoms with E-state index in [1.807, 2.05) is 13.1 Å². The zero-order valence-corrected chi connectivity index (χ0v) is 10.1. The lowest BCUT2D eigenvalue weighted by Crippen LogP contribution is -2.07. The third-order valence-electron chi connectivity index (χ3n) is 3.30. The van der Waals surface area contributed by atoms with E-state index in [-0.39, 0.29) is 0 Å². The highest BCUT2D eigenvalue weighted by Gasteiger charge is 2.16. The van der Waals surface area contributed by atoms with Crippen LogP contribution in [0.25, 0.3) is 11.3 Å². The second-order valence-corrected chi connectivity index (χ2v) is 4.73. The van der Waals surface area contributed by atoms with Gasteiger partial charge in [0.15, 0.2) is 0 Å². The van der Waals surface area contributed by atoms with Gasteiger partial charge in [0.25, 0.3) is 0 Å². The quantitative estimate of drug-likeness (QED) is 0.806. The third kappa shape index (κ3) is 1.70. The maximum absolute atomic E-state index is 5.81. The molecule has 1 aromatic carbocycles. The van der Waals surface area contributed by atoms with Crippen molar-refractivity contribution in [2.24, 2.45) is 7.05 Å². The molecule has 2 N–H and O–H groups in total. The van der Waals surface area contributed by atoms with Gasteiger partial charge >= 0.3 is 0 Å². The summed E-state index contributed by atoms with van der Waals surface area (Å²) in [5, 5.41) is 4.40. The fraction of sp³-hybridized carbons (Fsp3) is 0.308. The van der Waals surface area contributed by atoms with Gasteiger partial charge in [-0.1, -0.05) is 12.1 Å². The van der Waals surface area contributed by atoms with Gasteiger partial charge in [-0.15, -0.1) is 0 Å². The zero-order chi connectivity index (χ0) is 12.0. The van der Waals surface area contributed by atoms with Gasteiger partial charge in [-0.25, -0.2) is 0 Å². The molecule has 1 aliphatic heterocycles. The van der Waals surface area contributed by atoms with Crippen molar-refractivity contribution in [1.29, 1.82) is 0 Å². The van der Waals surface area contributed by atoms with E-state index < -0.39 is 0 Å². The highest BCUT2D eigenvalue weighted by Crippen LogP contribution is 2.27. The van der Waals surface area contributed by atoms with Crippen molar-refractivity contribution >= 4 is 5.82 Å². The number of fused-ring (bicyclic) bond motifs is 1. The van der Waals surface area contributed by atoms with Crippen LogP contribution >= 0.6 is 0 Å². The lowest BCUT2D eigenvalue weighted by atomic mass is 10.0. The van der Waals surface area contributed by atoms with Crippen LogP contribution in [0.4, 0.5) is 5.82 Å². The largest absolute Gasteiger partial charge is 0.384 e. The monoisotopic (exact) mass is 228 g/mol. The van der Waals surface area contributed by atoms with E-state index in [2.05, 4.69) is 35.2 Å². The number of hydrogen-bond acceptors (Lipinski definition) is 3. The number of nitrogens with two attached hydrogens (primary N) is 1. The molecule has 0 aliphatic carbocycles. The molecule has 1 aromatic heterocycles. The van der Waals surface area contributed by atoms with Gasteiger partial charge in [0.2, 0.25) is 0 Å². The molecule has 1 aliphatic rings. The lowest BCUT2D eigenvalue weighted by molar-refractivity contribution is 0.353. The molecule has 0 spiro atoms. The number of anilines is 1. The van der Waals surface area contributed by atoms with Crippen LogP contribution in [0.3, 0.4) is 0 Å². The van der Waals surface area contributed by atoms with E-state index in [0.29, 0.717) is 5.82 Å². The number of nitrogens with zero attached hydrogens (tertiary/aromatic N) is 3. The Kier molecular flexibility index (Phi) is 2.19. The Morgan fingerprint density at radius 2 is 1.88 bits per heavy atom. The summed E-state index contributed by atoms with van der Waals surface area (Å²) in [5.74, 6) is 0.692. The Morgan fingerprint density at radius 1 is 1.12 bits per heavy atom. The highest BCUT2D eigenvalue weighted by molar-refractivity contribution is 5.64. The first kappa shape index (κ1) is 10.4. The third-order valence-corrected chi connectivity index (χ3v) is 3.30. The fourth-order valence-corrected chi connectivity index (χ4v) is 2.35. The van der Waals surface area contributed by atoms with E-state index in [9.17, 15) is 0 Å². The first-order chi connectivity index (χ1) is 8.13. The molecule has 0 saturated heterocycles. The molecule has 17 heavy (non-hydrogen) atoms. The van der Waals surface area contributed by atoms with Crippen LogP contribution in [-0.4, -0.2) is 21.7 Å². The van der Waals surface area contributed by atoms with Crippen LogP contribution in [-0.2, 0) is 20.1 Å². The second kappa shape index (κ2) is 3.60. The minimum atomic E-state index is 0.692. The van der Waals surface area contributed by atoms with Gasteiger partial charge in [0.1, 0.15) is 5.82 Å². The minimum absolute atomic E-state index is 0.692. The maximum atomic E-state index is 5.81. The molecule has 4 heteroatoms. The summed E-state index contributed by atoms with van der Waals surface area (Å²) in [6.07, 6.45) is 0. The smallest absolute Gasteiger partial charge is 0.121 e. The van der Waals surface area contributed by atoms with Crippen molar-refractivity contribution < 1.29 is 0 Å². The number of rotatable bonds is 1. The van der Waals surface area contributed by atoms with Crippen LogP contribution in [0.15, 0.2) is 24.3 Å². The summed E-state index contributed by atoms with van der Waals surface area (Å²) in [6.45, 7) is 2.06. The van der Waals surface area contributed by atoms with Gasteiger partial charge in [-0.3, -0.25) is 9.58 Å². The minimum Gasteiger partial charge on any atom is -0.384 e. The van der Waals surface area contributed by atoms with E-state index >= 15 is 0 Å². The second-order valence-electron chi connectivity index (χ2n) is 4.73. The van der Waals surface area contributed by atoms with E-state index in [4.69, 9.17) is 5.73 Å². The standard InChI is InChI=1S/C13H16N4/c1-16-7-10-4-3-9(5-11(10)8-16)12-6-13(14)17(2)15-12/h3-6H,7-8,14H2,1-2H3. The Bertz CT molecular complexity index is 551. The van der Waals surface area contributed by atoms with E-state index in [1.54, 1.807) is 4.68 Å². The summed E-state index contributed by atoms with van der Waals surface area (Å²) in [5.41, 5.74) is 10.7. The average Bonchev–Trinajstić information content (AvgIpc) is 2.80. The fourth-order valence-electron chi connectivity index (χ4n) is 2.35. The summed E-state index contributed by atoms with van der Waals surface area (Å²) >= 11 is 0. The van der Waals surface area contributed by atoms with Crippen LogP contribution in [0.2, 0.25) is 0 Å². The lowest BCUT2D eigenvalue weighted by Gasteiger charge is -2.02. The number of hydrogen-bond donors (Lipinski definition) is 1. The summed E-state index contributed by atoms with van der Waals surface area (Å²) < 4.78 is 1.70. The Labute approximate surface area is 101 Å². The Balaban J connectivity index is 2.03. The zero-order valence-electron chi connectivity index (χ0n) is 10.1. The van der Waals surface area contributed by atoms with Crippen molar-refractivity contribution in [3.05, 3.63) is 35.4 Å². The summed E-state index contributed by atoms with van der Waals surface area (Å²) in [6, 6.07) is 8.46. The molecule has 3 rings (SSSR count). The van der Waals surface area contributed by atoms with Crippen LogP contribution in [0.1, 0.15) is 11.1 Å². The molecule has 0 atom stereocenters. The van der Waals surface area contributed by atoms with Crippen molar-refractivity contribution in [1.82, 2.24) is 14.7 Å². The first-order valence-corrected chi connectivity index (χ1v) is 5.74. The molecule has 0 fully saturated rings. The Hall–Kier alpha value is -1.81. The average molecular weight is 228 g/mol. The Morgan fingerprint density at radius 3 is 2.59 bits per heavy atom. The SMILES string of the molecule is CN1Cc2ccc(-c3cc(N)n(C)n3)cc2C1. The predicted octanol–water partition coefficient (Wildman–Crippen LogP) is 1.61. The normalized spacial score (nSPS) is 15.2. The first-order valence-electron chi connectivity index (χ1n) is 5.74. The van der Waals surface area contributed by atoms with Crippen LogP contribution < -0.4 is 5.73 Å².